The molecule has 2 heteroatoms. The van der Waals surface area contributed by atoms with Crippen LogP contribution >= 0.6 is 22.7 Å². The fourth-order valence-corrected chi connectivity index (χ4v) is 5.94. The molecule has 0 spiro atoms. The minimum Gasteiger partial charge on any atom is -0.134 e. The number of benzene rings is 2. The molecular formula is C21H22S2. The summed E-state index contributed by atoms with van der Waals surface area (Å²) in [5, 5.41) is 2.87. The summed E-state index contributed by atoms with van der Waals surface area (Å²) in [6, 6.07) is 14.1. The maximum absolute atomic E-state index is 2.41. The number of rotatable bonds is 3. The molecule has 0 saturated carbocycles. The highest BCUT2D eigenvalue weighted by Crippen LogP contribution is 2.45. The van der Waals surface area contributed by atoms with Crippen molar-refractivity contribution in [3.05, 3.63) is 47.5 Å². The van der Waals surface area contributed by atoms with E-state index >= 15 is 0 Å². The number of fused-ring (bicyclic) bond motifs is 5. The van der Waals surface area contributed by atoms with E-state index < -0.39 is 0 Å². The second-order valence-electron chi connectivity index (χ2n) is 6.84. The molecular weight excluding hydrogens is 316 g/mol. The molecule has 1 atom stereocenters. The van der Waals surface area contributed by atoms with Crippen molar-refractivity contribution in [3.63, 3.8) is 0 Å². The van der Waals surface area contributed by atoms with E-state index in [0.29, 0.717) is 11.8 Å². The molecule has 4 aromatic rings. The first kappa shape index (κ1) is 15.2. The van der Waals surface area contributed by atoms with Crippen LogP contribution in [0.15, 0.2) is 36.4 Å². The van der Waals surface area contributed by atoms with Crippen LogP contribution in [-0.2, 0) is 0 Å². The monoisotopic (exact) mass is 338 g/mol. The summed E-state index contributed by atoms with van der Waals surface area (Å²) in [7, 11) is 0. The molecule has 1 unspecified atom stereocenters. The lowest BCUT2D eigenvalue weighted by Crippen LogP contribution is -1.89. The van der Waals surface area contributed by atoms with E-state index in [9.17, 15) is 0 Å². The normalized spacial score (nSPS) is 13.6. The summed E-state index contributed by atoms with van der Waals surface area (Å²) in [5.74, 6) is 1.24. The Balaban J connectivity index is 1.95. The average Bonchev–Trinajstić information content (AvgIpc) is 3.08. The first-order valence-electron chi connectivity index (χ1n) is 8.47. The molecule has 0 saturated heterocycles. The second kappa shape index (κ2) is 5.61. The second-order valence-corrected chi connectivity index (χ2v) is 8.94. The standard InChI is InChI=1S/C21H22S2/c1-5-13(4)15-7-9-17-19(11-15)23-20-16-8-6-14(12(2)3)10-18(16)22-21(17)20/h6-13H,5H2,1-4H3. The lowest BCUT2D eigenvalue weighted by molar-refractivity contribution is 0.735. The molecule has 2 aromatic carbocycles. The van der Waals surface area contributed by atoms with Gasteiger partial charge in [0.1, 0.15) is 0 Å². The maximum Gasteiger partial charge on any atom is 0.0542 e. The predicted molar refractivity (Wildman–Crippen MR) is 108 cm³/mol. The van der Waals surface area contributed by atoms with E-state index in [1.165, 1.54) is 47.1 Å². The van der Waals surface area contributed by atoms with Crippen LogP contribution < -0.4 is 0 Å². The molecule has 0 fully saturated rings. The lowest BCUT2D eigenvalue weighted by Gasteiger charge is -2.08. The van der Waals surface area contributed by atoms with Gasteiger partial charge >= 0.3 is 0 Å². The summed E-state index contributed by atoms with van der Waals surface area (Å²) in [6.07, 6.45) is 1.20. The van der Waals surface area contributed by atoms with Crippen molar-refractivity contribution < 1.29 is 0 Å². The Hall–Kier alpha value is -1.38. The molecule has 0 bridgehead atoms. The Morgan fingerprint density at radius 2 is 1.30 bits per heavy atom. The number of hydrogen-bond acceptors (Lipinski definition) is 2. The zero-order valence-electron chi connectivity index (χ0n) is 14.1. The van der Waals surface area contributed by atoms with Crippen molar-refractivity contribution in [2.45, 2.75) is 46.0 Å². The van der Waals surface area contributed by atoms with Crippen LogP contribution in [0.2, 0.25) is 0 Å². The average molecular weight is 339 g/mol. The first-order chi connectivity index (χ1) is 11.1. The van der Waals surface area contributed by atoms with E-state index in [0.717, 1.165) is 0 Å². The van der Waals surface area contributed by atoms with Crippen molar-refractivity contribution in [2.24, 2.45) is 0 Å². The maximum atomic E-state index is 2.41. The van der Waals surface area contributed by atoms with Crippen LogP contribution in [0.25, 0.3) is 29.6 Å². The van der Waals surface area contributed by atoms with Crippen molar-refractivity contribution in [1.82, 2.24) is 0 Å². The quantitative estimate of drug-likeness (QED) is 0.356. The van der Waals surface area contributed by atoms with E-state index in [-0.39, 0.29) is 0 Å². The van der Waals surface area contributed by atoms with Gasteiger partial charge in [0, 0.05) is 20.2 Å². The summed E-state index contributed by atoms with van der Waals surface area (Å²) < 4.78 is 5.82. The SMILES string of the molecule is CCC(C)c1ccc2c(c1)sc1c3ccc(C(C)C)cc3sc21. The van der Waals surface area contributed by atoms with Gasteiger partial charge in [0.25, 0.3) is 0 Å². The highest BCUT2D eigenvalue weighted by molar-refractivity contribution is 7.36. The Bertz CT molecular complexity index is 1000. The van der Waals surface area contributed by atoms with Gasteiger partial charge < -0.3 is 0 Å². The minimum atomic E-state index is 0.592. The summed E-state index contributed by atoms with van der Waals surface area (Å²) in [6.45, 7) is 9.12. The first-order valence-corrected chi connectivity index (χ1v) is 10.1. The molecule has 2 heterocycles. The molecule has 118 valence electrons. The summed E-state index contributed by atoms with van der Waals surface area (Å²) >= 11 is 3.92. The van der Waals surface area contributed by atoms with Crippen LogP contribution in [0.1, 0.15) is 57.1 Å². The van der Waals surface area contributed by atoms with Gasteiger partial charge in [-0.3, -0.25) is 0 Å². The van der Waals surface area contributed by atoms with Gasteiger partial charge in [0.05, 0.1) is 9.40 Å². The number of thiophene rings is 2. The van der Waals surface area contributed by atoms with Crippen LogP contribution in [0, 0.1) is 0 Å². The predicted octanol–water partition coefficient (Wildman–Crippen LogP) is 7.91. The van der Waals surface area contributed by atoms with Gasteiger partial charge in [-0.15, -0.1) is 22.7 Å². The van der Waals surface area contributed by atoms with Crippen molar-refractivity contribution in [1.29, 1.82) is 0 Å². The Morgan fingerprint density at radius 3 is 1.83 bits per heavy atom. The van der Waals surface area contributed by atoms with E-state index in [2.05, 4.69) is 64.1 Å². The van der Waals surface area contributed by atoms with Crippen molar-refractivity contribution in [3.8, 4) is 0 Å². The van der Waals surface area contributed by atoms with Gasteiger partial charge in [-0.1, -0.05) is 52.0 Å². The molecule has 4 rings (SSSR count). The van der Waals surface area contributed by atoms with Crippen molar-refractivity contribution >= 4 is 52.2 Å². The van der Waals surface area contributed by atoms with Gasteiger partial charge in [0.15, 0.2) is 0 Å². The molecule has 0 aliphatic carbocycles. The van der Waals surface area contributed by atoms with Gasteiger partial charge in [0.2, 0.25) is 0 Å². The third-order valence-corrected chi connectivity index (χ3v) is 7.48. The molecule has 0 aliphatic heterocycles. The fourth-order valence-electron chi connectivity index (χ4n) is 3.19. The van der Waals surface area contributed by atoms with Gasteiger partial charge in [-0.05, 0) is 41.5 Å². The van der Waals surface area contributed by atoms with E-state index in [4.69, 9.17) is 0 Å². The topological polar surface area (TPSA) is 0 Å². The molecule has 23 heavy (non-hydrogen) atoms. The Labute approximate surface area is 145 Å². The molecule has 2 aromatic heterocycles. The zero-order chi connectivity index (χ0) is 16.1. The number of hydrogen-bond donors (Lipinski definition) is 0. The largest absolute Gasteiger partial charge is 0.134 e. The van der Waals surface area contributed by atoms with Gasteiger partial charge in [-0.25, -0.2) is 0 Å². The highest BCUT2D eigenvalue weighted by Gasteiger charge is 2.14. The van der Waals surface area contributed by atoms with Crippen molar-refractivity contribution in [2.75, 3.05) is 0 Å². The Morgan fingerprint density at radius 1 is 0.783 bits per heavy atom. The van der Waals surface area contributed by atoms with Crippen LogP contribution in [0.5, 0.6) is 0 Å². The molecule has 0 radical (unpaired) electrons. The van der Waals surface area contributed by atoms with Crippen LogP contribution in [0.3, 0.4) is 0 Å². The molecule has 0 N–H and O–H groups in total. The molecule has 0 nitrogen and oxygen atoms in total. The minimum absolute atomic E-state index is 0.592. The van der Waals surface area contributed by atoms with E-state index in [1.54, 1.807) is 0 Å². The highest BCUT2D eigenvalue weighted by atomic mass is 32.1. The smallest absolute Gasteiger partial charge is 0.0542 e. The van der Waals surface area contributed by atoms with Crippen LogP contribution in [-0.4, -0.2) is 0 Å². The fraction of sp³-hybridized carbons (Fsp3) is 0.333. The Kier molecular flexibility index (Phi) is 3.70. The lowest BCUT2D eigenvalue weighted by atomic mass is 9.98. The molecule has 0 aliphatic rings. The third kappa shape index (κ3) is 2.40. The molecule has 0 amide bonds. The zero-order valence-corrected chi connectivity index (χ0v) is 15.8. The van der Waals surface area contributed by atoms with Crippen LogP contribution in [0.4, 0.5) is 0 Å². The van der Waals surface area contributed by atoms with E-state index in [1.807, 2.05) is 22.7 Å². The summed E-state index contributed by atoms with van der Waals surface area (Å²) in [4.78, 5) is 0. The van der Waals surface area contributed by atoms with Gasteiger partial charge in [-0.2, -0.15) is 0 Å². The summed E-state index contributed by atoms with van der Waals surface area (Å²) in [5.41, 5.74) is 2.91. The third-order valence-electron chi connectivity index (χ3n) is 4.98.